The standard InChI is InChI=1S/C21H16ClN3O3/c1-12-18(10-23-11-19(12)28-2)25-20(26)15-8-7-13(9-17(15)24-21(25)27)14-5-3-4-6-16(14)22/h3-11H,1-2H3,(H,24,27). The van der Waals surface area contributed by atoms with Crippen LogP contribution in [0.3, 0.4) is 0 Å². The molecule has 2 aromatic carbocycles. The molecule has 0 saturated heterocycles. The quantitative estimate of drug-likeness (QED) is 0.575. The van der Waals surface area contributed by atoms with Gasteiger partial charge < -0.3 is 9.72 Å². The predicted molar refractivity (Wildman–Crippen MR) is 110 cm³/mol. The summed E-state index contributed by atoms with van der Waals surface area (Å²) in [4.78, 5) is 32.7. The summed E-state index contributed by atoms with van der Waals surface area (Å²) in [6, 6.07) is 12.6. The van der Waals surface area contributed by atoms with Crippen molar-refractivity contribution < 1.29 is 4.74 Å². The maximum absolute atomic E-state index is 13.1. The first-order valence-corrected chi connectivity index (χ1v) is 8.92. The lowest BCUT2D eigenvalue weighted by Gasteiger charge is -2.12. The van der Waals surface area contributed by atoms with E-state index < -0.39 is 11.2 Å². The summed E-state index contributed by atoms with van der Waals surface area (Å²) in [7, 11) is 1.51. The minimum atomic E-state index is -0.549. The van der Waals surface area contributed by atoms with Crippen LogP contribution >= 0.6 is 11.6 Å². The first kappa shape index (κ1) is 18.0. The lowest BCUT2D eigenvalue weighted by Crippen LogP contribution is -2.34. The van der Waals surface area contributed by atoms with Crippen LogP contribution < -0.4 is 16.0 Å². The van der Waals surface area contributed by atoms with Crippen LogP contribution in [0.2, 0.25) is 5.02 Å². The Morgan fingerprint density at radius 3 is 2.64 bits per heavy atom. The number of methoxy groups -OCH3 is 1. The fourth-order valence-electron chi connectivity index (χ4n) is 3.23. The van der Waals surface area contributed by atoms with Gasteiger partial charge in [-0.1, -0.05) is 35.9 Å². The zero-order valence-corrected chi connectivity index (χ0v) is 15.9. The van der Waals surface area contributed by atoms with Crippen LogP contribution in [0.4, 0.5) is 0 Å². The van der Waals surface area contributed by atoms with Gasteiger partial charge in [-0.15, -0.1) is 0 Å². The summed E-state index contributed by atoms with van der Waals surface area (Å²) in [6.45, 7) is 1.77. The molecule has 2 heterocycles. The minimum Gasteiger partial charge on any atom is -0.495 e. The van der Waals surface area contributed by atoms with Crippen molar-refractivity contribution in [3.63, 3.8) is 0 Å². The number of aromatic amines is 1. The van der Waals surface area contributed by atoms with Crippen LogP contribution in [0.1, 0.15) is 5.56 Å². The molecular formula is C21H16ClN3O3. The van der Waals surface area contributed by atoms with Crippen LogP contribution in [0.25, 0.3) is 27.7 Å². The Morgan fingerprint density at radius 2 is 1.89 bits per heavy atom. The molecule has 7 heteroatoms. The molecule has 0 saturated carbocycles. The minimum absolute atomic E-state index is 0.377. The second-order valence-corrected chi connectivity index (χ2v) is 6.70. The van der Waals surface area contributed by atoms with Crippen molar-refractivity contribution in [3.05, 3.63) is 86.3 Å². The molecule has 0 aliphatic carbocycles. The molecule has 6 nitrogen and oxygen atoms in total. The molecule has 0 spiro atoms. The Labute approximate surface area is 165 Å². The third kappa shape index (κ3) is 2.88. The van der Waals surface area contributed by atoms with Gasteiger partial charge in [0, 0.05) is 16.1 Å². The normalized spacial score (nSPS) is 11.0. The summed E-state index contributed by atoms with van der Waals surface area (Å²) in [5.74, 6) is 0.498. The molecule has 28 heavy (non-hydrogen) atoms. The van der Waals surface area contributed by atoms with Crippen LogP contribution in [0, 0.1) is 6.92 Å². The molecule has 4 aromatic rings. The largest absolute Gasteiger partial charge is 0.495 e. The van der Waals surface area contributed by atoms with Gasteiger partial charge in [0.2, 0.25) is 0 Å². The average Bonchev–Trinajstić information content (AvgIpc) is 2.69. The molecule has 4 rings (SSSR count). The number of hydrogen-bond acceptors (Lipinski definition) is 4. The zero-order chi connectivity index (χ0) is 19.8. The van der Waals surface area contributed by atoms with E-state index in [9.17, 15) is 9.59 Å². The van der Waals surface area contributed by atoms with Gasteiger partial charge in [-0.05, 0) is 30.7 Å². The molecule has 2 aromatic heterocycles. The maximum Gasteiger partial charge on any atom is 0.333 e. The smallest absolute Gasteiger partial charge is 0.333 e. The van der Waals surface area contributed by atoms with Gasteiger partial charge in [-0.2, -0.15) is 0 Å². The number of benzene rings is 2. The van der Waals surface area contributed by atoms with Gasteiger partial charge in [0.1, 0.15) is 5.75 Å². The number of pyridine rings is 1. The van der Waals surface area contributed by atoms with E-state index >= 15 is 0 Å². The average molecular weight is 394 g/mol. The van der Waals surface area contributed by atoms with Crippen LogP contribution in [0.15, 0.2) is 64.4 Å². The summed E-state index contributed by atoms with van der Waals surface area (Å²) < 4.78 is 6.32. The highest BCUT2D eigenvalue weighted by Gasteiger charge is 2.15. The van der Waals surface area contributed by atoms with Crippen molar-refractivity contribution in [2.75, 3.05) is 7.11 Å². The third-order valence-corrected chi connectivity index (χ3v) is 5.02. The monoisotopic (exact) mass is 393 g/mol. The van der Waals surface area contributed by atoms with Gasteiger partial charge in [-0.3, -0.25) is 9.78 Å². The molecule has 0 bridgehead atoms. The number of halogens is 1. The van der Waals surface area contributed by atoms with E-state index in [1.54, 1.807) is 25.1 Å². The summed E-state index contributed by atoms with van der Waals surface area (Å²) in [5, 5.41) is 0.980. The summed E-state index contributed by atoms with van der Waals surface area (Å²) >= 11 is 6.27. The Hall–Kier alpha value is -3.38. The lowest BCUT2D eigenvalue weighted by molar-refractivity contribution is 0.409. The van der Waals surface area contributed by atoms with Gasteiger partial charge >= 0.3 is 5.69 Å². The molecular weight excluding hydrogens is 378 g/mol. The Morgan fingerprint density at radius 1 is 1.11 bits per heavy atom. The van der Waals surface area contributed by atoms with Gasteiger partial charge in [0.05, 0.1) is 36.1 Å². The highest BCUT2D eigenvalue weighted by molar-refractivity contribution is 6.33. The molecule has 0 radical (unpaired) electrons. The first-order chi connectivity index (χ1) is 13.5. The van der Waals surface area contributed by atoms with Crippen molar-refractivity contribution in [1.29, 1.82) is 0 Å². The van der Waals surface area contributed by atoms with Crippen molar-refractivity contribution in [2.24, 2.45) is 0 Å². The van der Waals surface area contributed by atoms with Crippen molar-refractivity contribution in [2.45, 2.75) is 6.92 Å². The van der Waals surface area contributed by atoms with E-state index in [1.807, 2.05) is 24.3 Å². The van der Waals surface area contributed by atoms with Crippen LogP contribution in [-0.4, -0.2) is 21.6 Å². The van der Waals surface area contributed by atoms with E-state index in [1.165, 1.54) is 19.5 Å². The molecule has 0 aliphatic heterocycles. The van der Waals surface area contributed by atoms with E-state index in [4.69, 9.17) is 16.3 Å². The van der Waals surface area contributed by atoms with Crippen molar-refractivity contribution in [1.82, 2.24) is 14.5 Å². The van der Waals surface area contributed by atoms with Gasteiger partial charge in [0.15, 0.2) is 0 Å². The van der Waals surface area contributed by atoms with Gasteiger partial charge in [0.25, 0.3) is 5.56 Å². The number of hydrogen-bond donors (Lipinski definition) is 1. The molecule has 0 fully saturated rings. The predicted octanol–water partition coefficient (Wildman–Crippen LogP) is 3.71. The summed E-state index contributed by atoms with van der Waals surface area (Å²) in [6.07, 6.45) is 3.01. The third-order valence-electron chi connectivity index (χ3n) is 4.69. The molecule has 0 atom stereocenters. The fraction of sp³-hybridized carbons (Fsp3) is 0.0952. The number of ether oxygens (including phenoxy) is 1. The van der Waals surface area contributed by atoms with Gasteiger partial charge in [-0.25, -0.2) is 9.36 Å². The second-order valence-electron chi connectivity index (χ2n) is 6.30. The van der Waals surface area contributed by atoms with Crippen molar-refractivity contribution in [3.8, 4) is 22.6 Å². The lowest BCUT2D eigenvalue weighted by atomic mass is 10.0. The first-order valence-electron chi connectivity index (χ1n) is 8.54. The van der Waals surface area contributed by atoms with Crippen LogP contribution in [0.5, 0.6) is 5.75 Å². The number of aromatic nitrogens is 3. The number of H-pyrrole nitrogens is 1. The highest BCUT2D eigenvalue weighted by Crippen LogP contribution is 2.29. The fourth-order valence-corrected chi connectivity index (χ4v) is 3.47. The van der Waals surface area contributed by atoms with E-state index in [0.717, 1.165) is 15.7 Å². The molecule has 140 valence electrons. The number of nitrogens with one attached hydrogen (secondary N) is 1. The van der Waals surface area contributed by atoms with Crippen LogP contribution in [-0.2, 0) is 0 Å². The molecule has 0 amide bonds. The Balaban J connectivity index is 1.96. The Bertz CT molecular complexity index is 1320. The topological polar surface area (TPSA) is 77.0 Å². The SMILES string of the molecule is COc1cncc(-n2c(=O)[nH]c3cc(-c4ccccc4Cl)ccc3c2=O)c1C. The second kappa shape index (κ2) is 6.98. The van der Waals surface area contributed by atoms with E-state index in [2.05, 4.69) is 9.97 Å². The molecule has 0 unspecified atom stereocenters. The molecule has 1 N–H and O–H groups in total. The maximum atomic E-state index is 13.1. The Kier molecular flexibility index (Phi) is 4.49. The highest BCUT2D eigenvalue weighted by atomic mass is 35.5. The number of fused-ring (bicyclic) bond motifs is 1. The van der Waals surface area contributed by atoms with E-state index in [-0.39, 0.29) is 0 Å². The van der Waals surface area contributed by atoms with Crippen molar-refractivity contribution >= 4 is 22.5 Å². The number of rotatable bonds is 3. The number of nitrogens with zero attached hydrogens (tertiary/aromatic N) is 2. The molecule has 0 aliphatic rings. The summed E-state index contributed by atoms with van der Waals surface area (Å²) in [5.41, 5.74) is 2.13. The van der Waals surface area contributed by atoms with E-state index in [0.29, 0.717) is 32.9 Å². The zero-order valence-electron chi connectivity index (χ0n) is 15.2.